The van der Waals surface area contributed by atoms with E-state index >= 15 is 0 Å². The summed E-state index contributed by atoms with van der Waals surface area (Å²) >= 11 is 0. The molecule has 0 radical (unpaired) electrons. The van der Waals surface area contributed by atoms with Gasteiger partial charge in [-0.2, -0.15) is 0 Å². The van der Waals surface area contributed by atoms with E-state index in [0.717, 1.165) is 25.9 Å². The summed E-state index contributed by atoms with van der Waals surface area (Å²) in [4.78, 5) is 39.3. The summed E-state index contributed by atoms with van der Waals surface area (Å²) in [5.74, 6) is -1.70. The second-order valence-electron chi connectivity index (χ2n) is 7.53. The highest BCUT2D eigenvalue weighted by molar-refractivity contribution is 5.93. The van der Waals surface area contributed by atoms with Gasteiger partial charge in [0.1, 0.15) is 11.5 Å². The Morgan fingerprint density at radius 2 is 1.94 bits per heavy atom. The molecule has 0 unspecified atom stereocenters. The first-order valence-electron chi connectivity index (χ1n) is 10.00. The average Bonchev–Trinajstić information content (AvgIpc) is 3.27. The SMILES string of the molecule is C[C@H](OC(=O)c1ccc(N2CCCC2)c([N+](=O)[O-])c1)C(=O)N(C)Cc1cccc(F)c1. The minimum atomic E-state index is -1.11. The molecule has 0 spiro atoms. The minimum Gasteiger partial charge on any atom is -0.449 e. The Morgan fingerprint density at radius 3 is 2.58 bits per heavy atom. The molecule has 1 amide bonds. The molecular formula is C22H24FN3O5. The molecular weight excluding hydrogens is 405 g/mol. The second kappa shape index (κ2) is 9.55. The van der Waals surface area contributed by atoms with E-state index in [2.05, 4.69) is 0 Å². The van der Waals surface area contributed by atoms with Crippen molar-refractivity contribution in [1.29, 1.82) is 0 Å². The van der Waals surface area contributed by atoms with Crippen LogP contribution in [-0.2, 0) is 16.1 Å². The fourth-order valence-corrected chi connectivity index (χ4v) is 3.60. The number of likely N-dealkylation sites (N-methyl/N-ethyl adjacent to an activating group) is 1. The summed E-state index contributed by atoms with van der Waals surface area (Å²) in [5, 5.41) is 11.5. The Morgan fingerprint density at radius 1 is 1.23 bits per heavy atom. The lowest BCUT2D eigenvalue weighted by Gasteiger charge is -2.22. The van der Waals surface area contributed by atoms with Crippen LogP contribution in [0.25, 0.3) is 0 Å². The predicted octanol–water partition coefficient (Wildman–Crippen LogP) is 3.54. The van der Waals surface area contributed by atoms with E-state index in [9.17, 15) is 24.1 Å². The molecule has 1 aliphatic heterocycles. The van der Waals surface area contributed by atoms with Gasteiger partial charge >= 0.3 is 5.97 Å². The molecule has 164 valence electrons. The monoisotopic (exact) mass is 429 g/mol. The summed E-state index contributed by atoms with van der Waals surface area (Å²) in [6.07, 6.45) is 0.816. The first-order valence-corrected chi connectivity index (χ1v) is 10.00. The Bertz CT molecular complexity index is 991. The highest BCUT2D eigenvalue weighted by Gasteiger charge is 2.26. The van der Waals surface area contributed by atoms with Crippen LogP contribution in [0, 0.1) is 15.9 Å². The van der Waals surface area contributed by atoms with E-state index in [-0.39, 0.29) is 17.8 Å². The van der Waals surface area contributed by atoms with Crippen molar-refractivity contribution in [3.63, 3.8) is 0 Å². The predicted molar refractivity (Wildman–Crippen MR) is 112 cm³/mol. The van der Waals surface area contributed by atoms with Crippen LogP contribution in [0.1, 0.15) is 35.7 Å². The number of nitro groups is 1. The van der Waals surface area contributed by atoms with Crippen molar-refractivity contribution in [2.45, 2.75) is 32.4 Å². The number of halogens is 1. The van der Waals surface area contributed by atoms with Gasteiger partial charge in [0.25, 0.3) is 11.6 Å². The lowest BCUT2D eigenvalue weighted by Crippen LogP contribution is -2.37. The number of nitro benzene ring substituents is 1. The van der Waals surface area contributed by atoms with Crippen LogP contribution in [0.2, 0.25) is 0 Å². The van der Waals surface area contributed by atoms with Gasteiger partial charge in [-0.1, -0.05) is 12.1 Å². The lowest BCUT2D eigenvalue weighted by molar-refractivity contribution is -0.384. The van der Waals surface area contributed by atoms with Crippen LogP contribution in [-0.4, -0.2) is 47.9 Å². The molecule has 0 aliphatic carbocycles. The van der Waals surface area contributed by atoms with Crippen molar-refractivity contribution < 1.29 is 23.6 Å². The Hall–Kier alpha value is -3.49. The van der Waals surface area contributed by atoms with E-state index in [4.69, 9.17) is 4.74 Å². The Balaban J connectivity index is 1.67. The summed E-state index contributed by atoms with van der Waals surface area (Å²) in [6.45, 7) is 3.03. The van der Waals surface area contributed by atoms with Gasteiger partial charge in [0.2, 0.25) is 0 Å². The summed E-state index contributed by atoms with van der Waals surface area (Å²) in [7, 11) is 1.52. The third kappa shape index (κ3) is 5.36. The molecule has 8 nitrogen and oxygen atoms in total. The van der Waals surface area contributed by atoms with Crippen LogP contribution >= 0.6 is 0 Å². The number of carbonyl (C=O) groups is 2. The van der Waals surface area contributed by atoms with Crippen molar-refractivity contribution in [1.82, 2.24) is 4.90 Å². The van der Waals surface area contributed by atoms with Gasteiger partial charge in [-0.3, -0.25) is 14.9 Å². The van der Waals surface area contributed by atoms with Gasteiger partial charge in [-0.15, -0.1) is 0 Å². The quantitative estimate of drug-likeness (QED) is 0.380. The molecule has 2 aromatic rings. The molecule has 3 rings (SSSR count). The largest absolute Gasteiger partial charge is 0.449 e. The smallest absolute Gasteiger partial charge is 0.339 e. The van der Waals surface area contributed by atoms with Crippen molar-refractivity contribution in [2.24, 2.45) is 0 Å². The number of benzene rings is 2. The number of carbonyl (C=O) groups excluding carboxylic acids is 2. The number of hydrogen-bond donors (Lipinski definition) is 0. The number of anilines is 1. The number of ether oxygens (including phenoxy) is 1. The number of hydrogen-bond acceptors (Lipinski definition) is 6. The maximum absolute atomic E-state index is 13.3. The molecule has 1 aliphatic rings. The molecule has 0 bridgehead atoms. The van der Waals surface area contributed by atoms with Gasteiger partial charge in [0.15, 0.2) is 6.10 Å². The molecule has 1 heterocycles. The molecule has 1 fully saturated rings. The maximum Gasteiger partial charge on any atom is 0.339 e. The molecule has 2 aromatic carbocycles. The van der Waals surface area contributed by atoms with Crippen LogP contribution in [0.5, 0.6) is 0 Å². The van der Waals surface area contributed by atoms with Gasteiger partial charge in [-0.05, 0) is 49.6 Å². The third-order valence-electron chi connectivity index (χ3n) is 5.17. The Kier molecular flexibility index (Phi) is 6.84. The summed E-state index contributed by atoms with van der Waals surface area (Å²) in [6, 6.07) is 10.1. The highest BCUT2D eigenvalue weighted by Crippen LogP contribution is 2.32. The van der Waals surface area contributed by atoms with Gasteiger partial charge in [-0.25, -0.2) is 9.18 Å². The summed E-state index contributed by atoms with van der Waals surface area (Å²) in [5.41, 5.74) is 0.904. The zero-order valence-corrected chi connectivity index (χ0v) is 17.4. The van der Waals surface area contributed by atoms with Crippen LogP contribution in [0.3, 0.4) is 0 Å². The average molecular weight is 429 g/mol. The van der Waals surface area contributed by atoms with Crippen molar-refractivity contribution in [3.8, 4) is 0 Å². The van der Waals surface area contributed by atoms with Gasteiger partial charge in [0, 0.05) is 32.7 Å². The lowest BCUT2D eigenvalue weighted by atomic mass is 10.1. The normalized spacial score (nSPS) is 14.2. The number of amides is 1. The minimum absolute atomic E-state index is 0.00193. The van der Waals surface area contributed by atoms with Crippen molar-refractivity contribution in [3.05, 3.63) is 69.5 Å². The molecule has 1 atom stereocenters. The molecule has 0 aromatic heterocycles. The fourth-order valence-electron chi connectivity index (χ4n) is 3.60. The number of esters is 1. The first-order chi connectivity index (χ1) is 14.8. The van der Waals surface area contributed by atoms with Crippen LogP contribution in [0.15, 0.2) is 42.5 Å². The fraction of sp³-hybridized carbons (Fsp3) is 0.364. The molecule has 9 heteroatoms. The van der Waals surface area contributed by atoms with Crippen LogP contribution in [0.4, 0.5) is 15.8 Å². The van der Waals surface area contributed by atoms with E-state index in [1.54, 1.807) is 18.2 Å². The Labute approximate surface area is 179 Å². The van der Waals surface area contributed by atoms with E-state index in [1.807, 2.05) is 4.90 Å². The standard InChI is InChI=1S/C22H24FN3O5/c1-15(21(27)24(2)14-16-6-5-7-18(23)12-16)31-22(28)17-8-9-19(20(13-17)26(29)30)25-10-3-4-11-25/h5-9,12-13,15H,3-4,10-11,14H2,1-2H3/t15-/m0/s1. The zero-order chi connectivity index (χ0) is 22.5. The number of rotatable bonds is 7. The van der Waals surface area contributed by atoms with Gasteiger partial charge in [0.05, 0.1) is 10.5 Å². The molecule has 1 saturated heterocycles. The van der Waals surface area contributed by atoms with Crippen molar-refractivity contribution in [2.75, 3.05) is 25.0 Å². The topological polar surface area (TPSA) is 93.0 Å². The first kappa shape index (κ1) is 22.2. The number of nitrogens with zero attached hydrogens (tertiary/aromatic N) is 3. The van der Waals surface area contributed by atoms with E-state index in [0.29, 0.717) is 11.3 Å². The second-order valence-corrected chi connectivity index (χ2v) is 7.53. The molecule has 31 heavy (non-hydrogen) atoms. The highest BCUT2D eigenvalue weighted by atomic mass is 19.1. The molecule has 0 saturated carbocycles. The van der Waals surface area contributed by atoms with E-state index in [1.165, 1.54) is 43.1 Å². The van der Waals surface area contributed by atoms with E-state index < -0.39 is 28.7 Å². The molecule has 0 N–H and O–H groups in total. The van der Waals surface area contributed by atoms with Crippen LogP contribution < -0.4 is 4.90 Å². The maximum atomic E-state index is 13.3. The zero-order valence-electron chi connectivity index (χ0n) is 17.4. The summed E-state index contributed by atoms with van der Waals surface area (Å²) < 4.78 is 18.6. The third-order valence-corrected chi connectivity index (χ3v) is 5.17. The van der Waals surface area contributed by atoms with Crippen molar-refractivity contribution >= 4 is 23.3 Å². The van der Waals surface area contributed by atoms with Gasteiger partial charge < -0.3 is 14.5 Å².